The Hall–Kier alpha value is -1.40. The normalized spacial score (nSPS) is 19.3. The van der Waals surface area contributed by atoms with Crippen molar-refractivity contribution in [2.45, 2.75) is 6.42 Å². The number of hydrogen-bond acceptors (Lipinski definition) is 3. The van der Waals surface area contributed by atoms with Gasteiger partial charge in [-0.15, -0.1) is 0 Å². The Balaban J connectivity index is 2.37. The van der Waals surface area contributed by atoms with Crippen LogP contribution in [0.15, 0.2) is 22.7 Å². The highest BCUT2D eigenvalue weighted by atomic mass is 79.9. The summed E-state index contributed by atoms with van der Waals surface area (Å²) in [5.41, 5.74) is 6.31. The first-order chi connectivity index (χ1) is 8.54. The lowest BCUT2D eigenvalue weighted by molar-refractivity contribution is -0.117. The van der Waals surface area contributed by atoms with Gasteiger partial charge in [0.25, 0.3) is 0 Å². The van der Waals surface area contributed by atoms with E-state index in [1.807, 2.05) is 0 Å². The van der Waals surface area contributed by atoms with Gasteiger partial charge < -0.3 is 15.7 Å². The lowest BCUT2D eigenvalue weighted by atomic mass is 10.1. The number of benzene rings is 1. The average Bonchev–Trinajstić information content (AvgIpc) is 2.70. The molecule has 0 aliphatic carbocycles. The molecule has 1 aliphatic rings. The molecule has 1 unspecified atom stereocenters. The van der Waals surface area contributed by atoms with Crippen LogP contribution in [0, 0.1) is 5.92 Å². The highest BCUT2D eigenvalue weighted by molar-refractivity contribution is 9.10. The molecule has 6 heteroatoms. The average molecular weight is 313 g/mol. The predicted octanol–water partition coefficient (Wildman–Crippen LogP) is 1.46. The monoisotopic (exact) mass is 312 g/mol. The fraction of sp³-hybridized carbons (Fsp3) is 0.333. The van der Waals surface area contributed by atoms with Gasteiger partial charge in [-0.05, 0) is 40.5 Å². The number of hydrogen-bond donors (Lipinski definition) is 2. The summed E-state index contributed by atoms with van der Waals surface area (Å²) in [6, 6.07) is 4.86. The van der Waals surface area contributed by atoms with Gasteiger partial charge in [0.2, 0.25) is 5.91 Å². The molecule has 1 heterocycles. The Morgan fingerprint density at radius 2 is 2.28 bits per heavy atom. The topological polar surface area (TPSA) is 83.6 Å². The summed E-state index contributed by atoms with van der Waals surface area (Å²) in [5.74, 6) is -0.905. The molecule has 96 valence electrons. The van der Waals surface area contributed by atoms with E-state index in [1.165, 1.54) is 6.07 Å². The van der Waals surface area contributed by atoms with Crippen molar-refractivity contribution >= 4 is 33.5 Å². The molecule has 0 radical (unpaired) electrons. The summed E-state index contributed by atoms with van der Waals surface area (Å²) in [7, 11) is 0. The maximum Gasteiger partial charge on any atom is 0.336 e. The molecule has 0 saturated carbocycles. The first kappa shape index (κ1) is 13.0. The number of nitrogens with two attached hydrogens (primary N) is 1. The third-order valence-electron chi connectivity index (χ3n) is 3.04. The number of aromatic carboxylic acids is 1. The summed E-state index contributed by atoms with van der Waals surface area (Å²) in [5, 5.41) is 9.04. The third kappa shape index (κ3) is 2.26. The standard InChI is InChI=1S/C12H13BrN2O3/c13-11-8(12(17)18)2-1-3-9(11)15-6-7(5-14)4-10(15)16/h1-3,7H,4-6,14H2,(H,17,18). The van der Waals surface area contributed by atoms with Crippen LogP contribution in [0.3, 0.4) is 0 Å². The van der Waals surface area contributed by atoms with Gasteiger partial charge in [0.15, 0.2) is 0 Å². The van der Waals surface area contributed by atoms with Crippen molar-refractivity contribution < 1.29 is 14.7 Å². The van der Waals surface area contributed by atoms with E-state index in [2.05, 4.69) is 15.9 Å². The lowest BCUT2D eigenvalue weighted by Crippen LogP contribution is -2.26. The van der Waals surface area contributed by atoms with Crippen molar-refractivity contribution in [2.75, 3.05) is 18.0 Å². The SMILES string of the molecule is NCC1CC(=O)N(c2cccc(C(=O)O)c2Br)C1. The summed E-state index contributed by atoms with van der Waals surface area (Å²) >= 11 is 3.26. The van der Waals surface area contributed by atoms with Crippen LogP contribution >= 0.6 is 15.9 Å². The molecule has 1 saturated heterocycles. The van der Waals surface area contributed by atoms with Gasteiger partial charge in [-0.2, -0.15) is 0 Å². The molecule has 1 aliphatic heterocycles. The Morgan fingerprint density at radius 1 is 1.56 bits per heavy atom. The first-order valence-electron chi connectivity index (χ1n) is 5.56. The molecule has 0 bridgehead atoms. The van der Waals surface area contributed by atoms with E-state index in [0.717, 1.165) is 0 Å². The molecule has 1 aromatic carbocycles. The molecule has 5 nitrogen and oxygen atoms in total. The number of amides is 1. The molecule has 18 heavy (non-hydrogen) atoms. The highest BCUT2D eigenvalue weighted by Crippen LogP contribution is 2.33. The summed E-state index contributed by atoms with van der Waals surface area (Å²) < 4.78 is 0.434. The molecule has 1 aromatic rings. The van der Waals surface area contributed by atoms with Crippen molar-refractivity contribution in [1.82, 2.24) is 0 Å². The highest BCUT2D eigenvalue weighted by Gasteiger charge is 2.31. The third-order valence-corrected chi connectivity index (χ3v) is 3.87. The number of carboxylic acid groups (broad SMARTS) is 1. The zero-order valence-corrected chi connectivity index (χ0v) is 11.2. The molecule has 3 N–H and O–H groups in total. The zero-order chi connectivity index (χ0) is 13.3. The van der Waals surface area contributed by atoms with Crippen LogP contribution in [0.4, 0.5) is 5.69 Å². The molecule has 1 amide bonds. The molecule has 2 rings (SSSR count). The van der Waals surface area contributed by atoms with Gasteiger partial charge in [0.1, 0.15) is 0 Å². The fourth-order valence-corrected chi connectivity index (χ4v) is 2.71. The lowest BCUT2D eigenvalue weighted by Gasteiger charge is -2.19. The van der Waals surface area contributed by atoms with Crippen molar-refractivity contribution in [3.8, 4) is 0 Å². The van der Waals surface area contributed by atoms with Crippen LogP contribution in [0.1, 0.15) is 16.8 Å². The fourth-order valence-electron chi connectivity index (χ4n) is 2.07. The van der Waals surface area contributed by atoms with Gasteiger partial charge >= 0.3 is 5.97 Å². The second-order valence-corrected chi connectivity index (χ2v) is 5.05. The Kier molecular flexibility index (Phi) is 3.68. The largest absolute Gasteiger partial charge is 0.478 e. The predicted molar refractivity (Wildman–Crippen MR) is 70.6 cm³/mol. The van der Waals surface area contributed by atoms with Crippen LogP contribution < -0.4 is 10.6 Å². The second-order valence-electron chi connectivity index (χ2n) is 4.25. The number of carbonyl (C=O) groups is 2. The van der Waals surface area contributed by atoms with E-state index in [1.54, 1.807) is 17.0 Å². The summed E-state index contributed by atoms with van der Waals surface area (Å²) in [6.45, 7) is 0.996. The molecule has 1 fully saturated rings. The van der Waals surface area contributed by atoms with Crippen LogP contribution in [0.2, 0.25) is 0 Å². The van der Waals surface area contributed by atoms with Gasteiger partial charge in [0, 0.05) is 13.0 Å². The second kappa shape index (κ2) is 5.07. The minimum atomic E-state index is -1.02. The van der Waals surface area contributed by atoms with E-state index in [0.29, 0.717) is 29.7 Å². The number of halogens is 1. The quantitative estimate of drug-likeness (QED) is 0.885. The minimum Gasteiger partial charge on any atom is -0.478 e. The number of nitrogens with zero attached hydrogens (tertiary/aromatic N) is 1. The van der Waals surface area contributed by atoms with Crippen molar-refractivity contribution in [3.05, 3.63) is 28.2 Å². The molecule has 0 spiro atoms. The van der Waals surface area contributed by atoms with Crippen LogP contribution in [0.5, 0.6) is 0 Å². The molecule has 1 atom stereocenters. The van der Waals surface area contributed by atoms with Crippen molar-refractivity contribution in [2.24, 2.45) is 11.7 Å². The van der Waals surface area contributed by atoms with Crippen LogP contribution in [-0.2, 0) is 4.79 Å². The number of carboxylic acids is 1. The van der Waals surface area contributed by atoms with Crippen molar-refractivity contribution in [3.63, 3.8) is 0 Å². The van der Waals surface area contributed by atoms with E-state index in [9.17, 15) is 9.59 Å². The smallest absolute Gasteiger partial charge is 0.336 e. The Bertz CT molecular complexity index is 504. The van der Waals surface area contributed by atoms with Gasteiger partial charge in [-0.3, -0.25) is 4.79 Å². The number of anilines is 1. The number of rotatable bonds is 3. The van der Waals surface area contributed by atoms with E-state index in [-0.39, 0.29) is 17.4 Å². The van der Waals surface area contributed by atoms with Crippen molar-refractivity contribution in [1.29, 1.82) is 0 Å². The van der Waals surface area contributed by atoms with Crippen LogP contribution in [-0.4, -0.2) is 30.1 Å². The maximum absolute atomic E-state index is 11.9. The molecular weight excluding hydrogens is 300 g/mol. The van der Waals surface area contributed by atoms with E-state index in [4.69, 9.17) is 10.8 Å². The summed E-state index contributed by atoms with van der Waals surface area (Å²) in [6.07, 6.45) is 0.417. The maximum atomic E-state index is 11.9. The number of carbonyl (C=O) groups excluding carboxylic acids is 1. The molecule has 0 aromatic heterocycles. The Morgan fingerprint density at radius 3 is 2.83 bits per heavy atom. The summed E-state index contributed by atoms with van der Waals surface area (Å²) in [4.78, 5) is 24.5. The van der Waals surface area contributed by atoms with Gasteiger partial charge in [-0.1, -0.05) is 6.07 Å². The first-order valence-corrected chi connectivity index (χ1v) is 6.36. The van der Waals surface area contributed by atoms with E-state index >= 15 is 0 Å². The van der Waals surface area contributed by atoms with Gasteiger partial charge in [-0.25, -0.2) is 4.79 Å². The zero-order valence-electron chi connectivity index (χ0n) is 9.60. The van der Waals surface area contributed by atoms with Crippen LogP contribution in [0.25, 0.3) is 0 Å². The van der Waals surface area contributed by atoms with E-state index < -0.39 is 5.97 Å². The minimum absolute atomic E-state index is 0.0197. The Labute approximate surface area is 113 Å². The van der Waals surface area contributed by atoms with Gasteiger partial charge in [0.05, 0.1) is 15.7 Å². The molecular formula is C12H13BrN2O3.